The van der Waals surface area contributed by atoms with Crippen LogP contribution in [0.3, 0.4) is 0 Å². The number of nitrogens with one attached hydrogen (secondary N) is 3. The van der Waals surface area contributed by atoms with E-state index in [9.17, 15) is 9.59 Å². The Bertz CT molecular complexity index is 841. The van der Waals surface area contributed by atoms with Gasteiger partial charge in [0, 0.05) is 30.1 Å². The van der Waals surface area contributed by atoms with Crippen molar-refractivity contribution in [3.63, 3.8) is 0 Å². The third kappa shape index (κ3) is 4.69. The Hall–Kier alpha value is -2.45. The van der Waals surface area contributed by atoms with Crippen molar-refractivity contribution < 1.29 is 9.59 Å². The van der Waals surface area contributed by atoms with Crippen LogP contribution in [0.4, 0.5) is 5.95 Å². The Balaban J connectivity index is 0.00000225. The molecule has 2 fully saturated rings. The number of carbonyl (C=O) groups excluding carboxylic acids is 2. The summed E-state index contributed by atoms with van der Waals surface area (Å²) in [5, 5.41) is 13.5. The van der Waals surface area contributed by atoms with Crippen molar-refractivity contribution in [3.8, 4) is 0 Å². The molecule has 2 aliphatic rings. The van der Waals surface area contributed by atoms with Crippen LogP contribution in [0.25, 0.3) is 0 Å². The minimum Gasteiger partial charge on any atom is -0.349 e. The predicted octanol–water partition coefficient (Wildman–Crippen LogP) is 1.85. The van der Waals surface area contributed by atoms with Gasteiger partial charge in [0.2, 0.25) is 5.95 Å². The second-order valence-corrected chi connectivity index (χ2v) is 7.22. The highest BCUT2D eigenvalue weighted by Crippen LogP contribution is 2.23. The summed E-state index contributed by atoms with van der Waals surface area (Å²) in [5.41, 5.74) is 1.04. The van der Waals surface area contributed by atoms with Crippen molar-refractivity contribution in [2.24, 2.45) is 7.05 Å². The molecule has 1 aliphatic carbocycles. The number of aryl methyl sites for hydroxylation is 1. The molecule has 1 aliphatic heterocycles. The third-order valence-corrected chi connectivity index (χ3v) is 5.03. The van der Waals surface area contributed by atoms with Crippen LogP contribution in [0.15, 0.2) is 24.3 Å². The van der Waals surface area contributed by atoms with Crippen LogP contribution >= 0.6 is 12.4 Å². The van der Waals surface area contributed by atoms with E-state index >= 15 is 0 Å². The van der Waals surface area contributed by atoms with E-state index in [0.29, 0.717) is 29.0 Å². The maximum atomic E-state index is 12.5. The summed E-state index contributed by atoms with van der Waals surface area (Å²) in [7, 11) is 1.78. The summed E-state index contributed by atoms with van der Waals surface area (Å²) in [6, 6.07) is 6.96. The normalized spacial score (nSPS) is 16.9. The Morgan fingerprint density at radius 2 is 1.64 bits per heavy atom. The van der Waals surface area contributed by atoms with Crippen LogP contribution in [0, 0.1) is 0 Å². The second kappa shape index (κ2) is 8.70. The number of rotatable bonds is 5. The number of nitrogens with zero attached hydrogens (tertiary/aromatic N) is 3. The SMILES string of the molecule is Cl.Cn1nc(C2CCNCC2)nc1NC(=O)c1ccc(C(=O)NC2CC2)cc1. The quantitative estimate of drug-likeness (QED) is 0.706. The first-order valence-electron chi connectivity index (χ1n) is 9.44. The molecule has 8 nitrogen and oxygen atoms in total. The monoisotopic (exact) mass is 404 g/mol. The van der Waals surface area contributed by atoms with Gasteiger partial charge in [-0.3, -0.25) is 14.9 Å². The molecule has 0 atom stereocenters. The lowest BCUT2D eigenvalue weighted by atomic mass is 9.98. The van der Waals surface area contributed by atoms with Gasteiger partial charge in [-0.25, -0.2) is 4.68 Å². The maximum Gasteiger partial charge on any atom is 0.258 e. The van der Waals surface area contributed by atoms with Crippen molar-refractivity contribution in [3.05, 3.63) is 41.2 Å². The predicted molar refractivity (Wildman–Crippen MR) is 108 cm³/mol. The third-order valence-electron chi connectivity index (χ3n) is 5.03. The van der Waals surface area contributed by atoms with E-state index in [2.05, 4.69) is 26.0 Å². The first-order valence-corrected chi connectivity index (χ1v) is 9.44. The molecule has 0 spiro atoms. The Morgan fingerprint density at radius 3 is 2.25 bits per heavy atom. The van der Waals surface area contributed by atoms with Crippen molar-refractivity contribution in [1.29, 1.82) is 0 Å². The van der Waals surface area contributed by atoms with Crippen molar-refractivity contribution in [2.45, 2.75) is 37.6 Å². The summed E-state index contributed by atoms with van der Waals surface area (Å²) in [4.78, 5) is 29.1. The smallest absolute Gasteiger partial charge is 0.258 e. The van der Waals surface area contributed by atoms with Gasteiger partial charge in [0.25, 0.3) is 11.8 Å². The number of aromatic nitrogens is 3. The fraction of sp³-hybridized carbons (Fsp3) is 0.474. The lowest BCUT2D eigenvalue weighted by Crippen LogP contribution is -2.27. The van der Waals surface area contributed by atoms with Crippen LogP contribution in [0.2, 0.25) is 0 Å². The van der Waals surface area contributed by atoms with E-state index in [-0.39, 0.29) is 24.2 Å². The fourth-order valence-electron chi connectivity index (χ4n) is 3.21. The second-order valence-electron chi connectivity index (χ2n) is 7.22. The van der Waals surface area contributed by atoms with Gasteiger partial charge >= 0.3 is 0 Å². The van der Waals surface area contributed by atoms with Crippen LogP contribution in [-0.4, -0.2) is 45.7 Å². The van der Waals surface area contributed by atoms with E-state index < -0.39 is 0 Å². The molecule has 0 radical (unpaired) electrons. The molecule has 2 heterocycles. The highest BCUT2D eigenvalue weighted by Gasteiger charge is 2.24. The zero-order valence-corrected chi connectivity index (χ0v) is 16.6. The average Bonchev–Trinajstić information content (AvgIpc) is 3.44. The topological polar surface area (TPSA) is 101 Å². The van der Waals surface area contributed by atoms with Gasteiger partial charge in [-0.15, -0.1) is 12.4 Å². The van der Waals surface area contributed by atoms with Crippen LogP contribution in [0.5, 0.6) is 0 Å². The number of benzene rings is 1. The summed E-state index contributed by atoms with van der Waals surface area (Å²) >= 11 is 0. The van der Waals surface area contributed by atoms with Crippen molar-refractivity contribution in [2.75, 3.05) is 18.4 Å². The van der Waals surface area contributed by atoms with E-state index in [1.807, 2.05) is 0 Å². The van der Waals surface area contributed by atoms with Crippen LogP contribution in [-0.2, 0) is 7.05 Å². The van der Waals surface area contributed by atoms with Gasteiger partial charge in [-0.2, -0.15) is 10.1 Å². The zero-order valence-electron chi connectivity index (χ0n) is 15.8. The molecule has 150 valence electrons. The molecular weight excluding hydrogens is 380 g/mol. The summed E-state index contributed by atoms with van der Waals surface area (Å²) in [6.45, 7) is 1.93. The minimum absolute atomic E-state index is 0. The molecule has 4 rings (SSSR count). The molecule has 2 aromatic rings. The molecule has 1 aromatic heterocycles. The highest BCUT2D eigenvalue weighted by atomic mass is 35.5. The van der Waals surface area contributed by atoms with E-state index in [1.54, 1.807) is 36.0 Å². The summed E-state index contributed by atoms with van der Waals surface area (Å²) in [5.74, 6) is 1.18. The Morgan fingerprint density at radius 1 is 1.04 bits per heavy atom. The number of hydrogen-bond acceptors (Lipinski definition) is 5. The number of halogens is 1. The number of anilines is 1. The van der Waals surface area contributed by atoms with Gasteiger partial charge in [0.15, 0.2) is 5.82 Å². The van der Waals surface area contributed by atoms with Gasteiger partial charge in [0.1, 0.15) is 0 Å². The first kappa shape index (κ1) is 20.3. The summed E-state index contributed by atoms with van der Waals surface area (Å²) in [6.07, 6.45) is 4.09. The molecule has 0 bridgehead atoms. The van der Waals surface area contributed by atoms with Crippen molar-refractivity contribution >= 4 is 30.2 Å². The van der Waals surface area contributed by atoms with Gasteiger partial charge in [-0.1, -0.05) is 0 Å². The molecule has 1 saturated heterocycles. The number of hydrogen-bond donors (Lipinski definition) is 3. The number of piperidine rings is 1. The Kier molecular flexibility index (Phi) is 6.31. The van der Waals surface area contributed by atoms with Gasteiger partial charge in [0.05, 0.1) is 0 Å². The molecule has 1 saturated carbocycles. The lowest BCUT2D eigenvalue weighted by molar-refractivity contribution is 0.0949. The van der Waals surface area contributed by atoms with Gasteiger partial charge in [-0.05, 0) is 63.0 Å². The lowest BCUT2D eigenvalue weighted by Gasteiger charge is -2.19. The molecule has 0 unspecified atom stereocenters. The molecule has 3 N–H and O–H groups in total. The molecule has 28 heavy (non-hydrogen) atoms. The first-order chi connectivity index (χ1) is 13.1. The van der Waals surface area contributed by atoms with Crippen molar-refractivity contribution in [1.82, 2.24) is 25.4 Å². The maximum absolute atomic E-state index is 12.5. The zero-order chi connectivity index (χ0) is 18.8. The average molecular weight is 405 g/mol. The molecular formula is C19H25ClN6O2. The highest BCUT2D eigenvalue weighted by molar-refractivity contribution is 6.04. The molecule has 1 aromatic carbocycles. The number of amides is 2. The standard InChI is InChI=1S/C19H24N6O2.ClH/c1-25-19(22-16(24-25)12-8-10-20-11-9-12)23-18(27)14-4-2-13(3-5-14)17(26)21-15-6-7-15;/h2-5,12,15,20H,6-11H2,1H3,(H,21,26)(H,22,23,24,27);1H. The van der Waals surface area contributed by atoms with Crippen LogP contribution in [0.1, 0.15) is 58.1 Å². The summed E-state index contributed by atoms with van der Waals surface area (Å²) < 4.78 is 1.60. The molecule has 2 amide bonds. The van der Waals surface area contributed by atoms with E-state index in [4.69, 9.17) is 0 Å². The number of carbonyl (C=O) groups is 2. The van der Waals surface area contributed by atoms with E-state index in [1.165, 1.54) is 0 Å². The minimum atomic E-state index is -0.267. The molecule has 9 heteroatoms. The van der Waals surface area contributed by atoms with Gasteiger partial charge < -0.3 is 10.6 Å². The van der Waals surface area contributed by atoms with Crippen LogP contribution < -0.4 is 16.0 Å². The fourth-order valence-corrected chi connectivity index (χ4v) is 3.21. The Labute approximate surface area is 169 Å². The van der Waals surface area contributed by atoms with E-state index in [0.717, 1.165) is 44.6 Å². The largest absolute Gasteiger partial charge is 0.349 e.